The topological polar surface area (TPSA) is 73.9 Å². The first-order valence-electron chi connectivity index (χ1n) is 8.50. The standard InChI is InChI=1S/C21H22ClNO5/c1-26-18-12-14(11-16(22)21(18)28-3)9-10-19(24)23-17(13-20(25)27-2)15-7-5-4-6-8-15/h4-12,17H,13H2,1-3H3,(H,23,24)/b10-9+. The Morgan fingerprint density at radius 3 is 2.43 bits per heavy atom. The summed E-state index contributed by atoms with van der Waals surface area (Å²) in [5.74, 6) is 0.115. The number of carbonyl (C=O) groups is 2. The van der Waals surface area contributed by atoms with Gasteiger partial charge in [-0.05, 0) is 29.3 Å². The Hall–Kier alpha value is -2.99. The first kappa shape index (κ1) is 21.3. The molecule has 2 rings (SSSR count). The molecule has 0 aliphatic rings. The van der Waals surface area contributed by atoms with Crippen molar-refractivity contribution in [2.45, 2.75) is 12.5 Å². The van der Waals surface area contributed by atoms with Gasteiger partial charge in [-0.3, -0.25) is 9.59 Å². The van der Waals surface area contributed by atoms with Gasteiger partial charge in [-0.25, -0.2) is 0 Å². The molecule has 0 fully saturated rings. The monoisotopic (exact) mass is 403 g/mol. The Balaban J connectivity index is 2.16. The molecular formula is C21H22ClNO5. The molecule has 0 aromatic heterocycles. The Bertz CT molecular complexity index is 851. The zero-order valence-electron chi connectivity index (χ0n) is 15.9. The number of amides is 1. The lowest BCUT2D eigenvalue weighted by Gasteiger charge is -2.17. The molecule has 0 bridgehead atoms. The van der Waals surface area contributed by atoms with Gasteiger partial charge in [0.2, 0.25) is 5.91 Å². The van der Waals surface area contributed by atoms with Gasteiger partial charge in [0.05, 0.1) is 38.8 Å². The number of ether oxygens (including phenoxy) is 3. The highest BCUT2D eigenvalue weighted by Gasteiger charge is 2.18. The number of carbonyl (C=O) groups excluding carboxylic acids is 2. The highest BCUT2D eigenvalue weighted by atomic mass is 35.5. The van der Waals surface area contributed by atoms with E-state index < -0.39 is 12.0 Å². The lowest BCUT2D eigenvalue weighted by molar-refractivity contribution is -0.141. The number of methoxy groups -OCH3 is 3. The number of nitrogens with one attached hydrogen (secondary N) is 1. The molecule has 1 atom stereocenters. The van der Waals surface area contributed by atoms with Crippen LogP contribution < -0.4 is 14.8 Å². The van der Waals surface area contributed by atoms with Crippen LogP contribution in [-0.4, -0.2) is 33.2 Å². The van der Waals surface area contributed by atoms with E-state index >= 15 is 0 Å². The van der Waals surface area contributed by atoms with Gasteiger partial charge < -0.3 is 19.5 Å². The second kappa shape index (κ2) is 10.4. The summed E-state index contributed by atoms with van der Waals surface area (Å²) in [6.07, 6.45) is 3.00. The van der Waals surface area contributed by atoms with Crippen LogP contribution in [0.3, 0.4) is 0 Å². The normalized spacial score (nSPS) is 11.7. The van der Waals surface area contributed by atoms with Crippen molar-refractivity contribution in [1.29, 1.82) is 0 Å². The smallest absolute Gasteiger partial charge is 0.307 e. The van der Waals surface area contributed by atoms with Crippen molar-refractivity contribution in [2.75, 3.05) is 21.3 Å². The molecule has 1 N–H and O–H groups in total. The third-order valence-electron chi connectivity index (χ3n) is 4.00. The van der Waals surface area contributed by atoms with E-state index in [0.29, 0.717) is 22.1 Å². The van der Waals surface area contributed by atoms with E-state index in [1.807, 2.05) is 30.3 Å². The molecule has 2 aromatic carbocycles. The van der Waals surface area contributed by atoms with E-state index in [1.54, 1.807) is 18.2 Å². The van der Waals surface area contributed by atoms with Crippen LogP contribution in [0.4, 0.5) is 0 Å². The van der Waals surface area contributed by atoms with Crippen LogP contribution in [0.2, 0.25) is 5.02 Å². The Morgan fingerprint density at radius 2 is 1.82 bits per heavy atom. The zero-order valence-corrected chi connectivity index (χ0v) is 16.7. The second-order valence-electron chi connectivity index (χ2n) is 5.82. The van der Waals surface area contributed by atoms with Crippen molar-refractivity contribution >= 4 is 29.6 Å². The van der Waals surface area contributed by atoms with Crippen molar-refractivity contribution in [3.05, 3.63) is 64.7 Å². The van der Waals surface area contributed by atoms with Gasteiger partial charge in [0.1, 0.15) is 0 Å². The molecule has 148 valence electrons. The van der Waals surface area contributed by atoms with Crippen LogP contribution in [0, 0.1) is 0 Å². The highest BCUT2D eigenvalue weighted by molar-refractivity contribution is 6.32. The number of hydrogen-bond donors (Lipinski definition) is 1. The van der Waals surface area contributed by atoms with Gasteiger partial charge in [-0.15, -0.1) is 0 Å². The van der Waals surface area contributed by atoms with Crippen molar-refractivity contribution < 1.29 is 23.8 Å². The van der Waals surface area contributed by atoms with Crippen molar-refractivity contribution in [2.24, 2.45) is 0 Å². The zero-order chi connectivity index (χ0) is 20.5. The first-order chi connectivity index (χ1) is 13.5. The molecule has 0 heterocycles. The molecule has 1 unspecified atom stereocenters. The first-order valence-corrected chi connectivity index (χ1v) is 8.88. The number of halogens is 1. The number of benzene rings is 2. The number of rotatable bonds is 8. The third-order valence-corrected chi connectivity index (χ3v) is 4.28. The van der Waals surface area contributed by atoms with Gasteiger partial charge in [-0.2, -0.15) is 0 Å². The molecule has 28 heavy (non-hydrogen) atoms. The summed E-state index contributed by atoms with van der Waals surface area (Å²) in [6.45, 7) is 0. The fourth-order valence-electron chi connectivity index (χ4n) is 2.61. The molecule has 0 aliphatic carbocycles. The molecule has 0 aliphatic heterocycles. The van der Waals surface area contributed by atoms with E-state index in [-0.39, 0.29) is 12.3 Å². The Labute approximate surface area is 169 Å². The van der Waals surface area contributed by atoms with Gasteiger partial charge in [0, 0.05) is 6.08 Å². The molecule has 6 nitrogen and oxygen atoms in total. The predicted molar refractivity (Wildman–Crippen MR) is 108 cm³/mol. The number of hydrogen-bond acceptors (Lipinski definition) is 5. The molecule has 0 spiro atoms. The van der Waals surface area contributed by atoms with Gasteiger partial charge in [-0.1, -0.05) is 41.9 Å². The second-order valence-corrected chi connectivity index (χ2v) is 6.23. The van der Waals surface area contributed by atoms with Crippen LogP contribution >= 0.6 is 11.6 Å². The van der Waals surface area contributed by atoms with Crippen molar-refractivity contribution in [3.63, 3.8) is 0 Å². The van der Waals surface area contributed by atoms with Gasteiger partial charge in [0.15, 0.2) is 11.5 Å². The quantitative estimate of drug-likeness (QED) is 0.536. The maximum absolute atomic E-state index is 12.4. The van der Waals surface area contributed by atoms with E-state index in [0.717, 1.165) is 5.56 Å². The molecular weight excluding hydrogens is 382 g/mol. The van der Waals surface area contributed by atoms with Crippen LogP contribution in [-0.2, 0) is 14.3 Å². The average Bonchev–Trinajstić information content (AvgIpc) is 2.71. The molecule has 0 saturated heterocycles. The van der Waals surface area contributed by atoms with Gasteiger partial charge >= 0.3 is 5.97 Å². The summed E-state index contributed by atoms with van der Waals surface area (Å²) in [5, 5.41) is 3.19. The Kier molecular flexibility index (Phi) is 7.89. The number of esters is 1. The van der Waals surface area contributed by atoms with E-state index in [9.17, 15) is 9.59 Å². The SMILES string of the molecule is COC(=O)CC(NC(=O)/C=C/c1cc(Cl)c(OC)c(OC)c1)c1ccccc1. The van der Waals surface area contributed by atoms with Crippen LogP contribution in [0.1, 0.15) is 23.6 Å². The predicted octanol–water partition coefficient (Wildman–Crippen LogP) is 3.79. The largest absolute Gasteiger partial charge is 0.493 e. The van der Waals surface area contributed by atoms with Gasteiger partial charge in [0.25, 0.3) is 0 Å². The Morgan fingerprint density at radius 1 is 1.11 bits per heavy atom. The third kappa shape index (κ3) is 5.76. The molecule has 1 amide bonds. The van der Waals surface area contributed by atoms with E-state index in [2.05, 4.69) is 5.32 Å². The molecule has 2 aromatic rings. The summed E-state index contributed by atoms with van der Waals surface area (Å²) >= 11 is 6.18. The minimum absolute atomic E-state index is 0.0300. The summed E-state index contributed by atoms with van der Waals surface area (Å²) < 4.78 is 15.2. The maximum atomic E-state index is 12.4. The van der Waals surface area contributed by atoms with Crippen molar-refractivity contribution in [3.8, 4) is 11.5 Å². The minimum Gasteiger partial charge on any atom is -0.493 e. The van der Waals surface area contributed by atoms with Crippen LogP contribution in [0.25, 0.3) is 6.08 Å². The maximum Gasteiger partial charge on any atom is 0.307 e. The average molecular weight is 404 g/mol. The summed E-state index contributed by atoms with van der Waals surface area (Å²) in [5.41, 5.74) is 1.48. The summed E-state index contributed by atoms with van der Waals surface area (Å²) in [7, 11) is 4.32. The highest BCUT2D eigenvalue weighted by Crippen LogP contribution is 2.36. The lowest BCUT2D eigenvalue weighted by atomic mass is 10.0. The minimum atomic E-state index is -0.500. The molecule has 7 heteroatoms. The molecule has 0 saturated carbocycles. The van der Waals surface area contributed by atoms with E-state index in [1.165, 1.54) is 27.4 Å². The van der Waals surface area contributed by atoms with Crippen molar-refractivity contribution in [1.82, 2.24) is 5.32 Å². The summed E-state index contributed by atoms with van der Waals surface area (Å²) in [4.78, 5) is 24.1. The van der Waals surface area contributed by atoms with Crippen LogP contribution in [0.5, 0.6) is 11.5 Å². The lowest BCUT2D eigenvalue weighted by Crippen LogP contribution is -2.29. The fourth-order valence-corrected chi connectivity index (χ4v) is 2.91. The van der Waals surface area contributed by atoms with E-state index in [4.69, 9.17) is 25.8 Å². The fraction of sp³-hybridized carbons (Fsp3) is 0.238. The van der Waals surface area contributed by atoms with Crippen LogP contribution in [0.15, 0.2) is 48.5 Å². The molecule has 0 radical (unpaired) electrons. The summed E-state index contributed by atoms with van der Waals surface area (Å²) in [6, 6.07) is 12.1.